The number of rotatable bonds is 4. The van der Waals surface area contributed by atoms with E-state index in [4.69, 9.17) is 14.6 Å². The molecule has 4 heterocycles. The summed E-state index contributed by atoms with van der Waals surface area (Å²) in [5.74, 6) is 0.664. The summed E-state index contributed by atoms with van der Waals surface area (Å²) in [6.45, 7) is 0.762. The zero-order valence-electron chi connectivity index (χ0n) is 16.2. The molecule has 1 aromatic carbocycles. The molecule has 0 bridgehead atoms. The van der Waals surface area contributed by atoms with E-state index in [0.29, 0.717) is 5.75 Å². The van der Waals surface area contributed by atoms with Crippen LogP contribution in [0.15, 0.2) is 55.1 Å². The van der Waals surface area contributed by atoms with Crippen LogP contribution in [-0.4, -0.2) is 38.4 Å². The van der Waals surface area contributed by atoms with Crippen LogP contribution in [0.2, 0.25) is 0 Å². The van der Waals surface area contributed by atoms with Crippen molar-refractivity contribution >= 4 is 11.0 Å². The van der Waals surface area contributed by atoms with Crippen LogP contribution in [0, 0.1) is 0 Å². The van der Waals surface area contributed by atoms with Crippen molar-refractivity contribution in [2.75, 3.05) is 13.7 Å². The maximum atomic E-state index is 5.96. The van der Waals surface area contributed by atoms with Crippen molar-refractivity contribution in [3.63, 3.8) is 0 Å². The number of hydrogen-bond acceptors (Lipinski definition) is 6. The van der Waals surface area contributed by atoms with E-state index in [9.17, 15) is 0 Å². The van der Waals surface area contributed by atoms with Crippen molar-refractivity contribution in [3.05, 3.63) is 55.1 Å². The highest BCUT2D eigenvalue weighted by atomic mass is 16.5. The number of benzene rings is 1. The van der Waals surface area contributed by atoms with Crippen molar-refractivity contribution in [1.82, 2.24) is 24.7 Å². The number of pyridine rings is 1. The zero-order valence-corrected chi connectivity index (χ0v) is 16.2. The van der Waals surface area contributed by atoms with Gasteiger partial charge in [0.1, 0.15) is 35.2 Å². The van der Waals surface area contributed by atoms with E-state index in [-0.39, 0.29) is 6.23 Å². The smallest absolute Gasteiger partial charge is 0.150 e. The second kappa shape index (κ2) is 7.60. The first-order chi connectivity index (χ1) is 14.3. The number of hydrogen-bond donors (Lipinski definition) is 0. The minimum atomic E-state index is -0.0545. The van der Waals surface area contributed by atoms with Gasteiger partial charge in [0.05, 0.1) is 18.8 Å². The van der Waals surface area contributed by atoms with Gasteiger partial charge in [0, 0.05) is 30.0 Å². The zero-order chi connectivity index (χ0) is 19.6. The summed E-state index contributed by atoms with van der Waals surface area (Å²) in [4.78, 5) is 13.5. The number of nitrogens with zero attached hydrogens (tertiary/aromatic N) is 5. The Morgan fingerprint density at radius 2 is 1.97 bits per heavy atom. The lowest BCUT2D eigenvalue weighted by Gasteiger charge is -2.22. The standard InChI is InChI=1S/C22H21N5O2/c1-28-16-11-18-22(23-12-16)21(25-14-24-18)17-13-27(19-9-5-6-10-29-19)26-20(17)15-7-3-2-4-8-15/h2-4,7-8,11-14,19H,5-6,9-10H2,1H3. The SMILES string of the molecule is COc1cnc2c(-c3cn(C4CCCCO4)nc3-c3ccccc3)ncnc2c1. The molecule has 7 heteroatoms. The first-order valence-corrected chi connectivity index (χ1v) is 9.75. The third-order valence-corrected chi connectivity index (χ3v) is 5.17. The van der Waals surface area contributed by atoms with E-state index in [0.717, 1.165) is 59.4 Å². The molecule has 146 valence electrons. The van der Waals surface area contributed by atoms with E-state index in [1.807, 2.05) is 35.1 Å². The molecule has 4 aromatic rings. The summed E-state index contributed by atoms with van der Waals surface area (Å²) in [6.07, 6.45) is 8.40. The molecule has 0 N–H and O–H groups in total. The van der Waals surface area contributed by atoms with E-state index in [1.54, 1.807) is 19.6 Å². The predicted octanol–water partition coefficient (Wildman–Crippen LogP) is 4.26. The molecule has 1 atom stereocenters. The molecule has 29 heavy (non-hydrogen) atoms. The molecule has 0 radical (unpaired) electrons. The highest BCUT2D eigenvalue weighted by Crippen LogP contribution is 2.35. The van der Waals surface area contributed by atoms with Gasteiger partial charge in [-0.3, -0.25) is 0 Å². The van der Waals surface area contributed by atoms with Gasteiger partial charge in [-0.2, -0.15) is 5.10 Å². The van der Waals surface area contributed by atoms with Crippen molar-refractivity contribution in [3.8, 4) is 28.3 Å². The number of ether oxygens (including phenoxy) is 2. The van der Waals surface area contributed by atoms with E-state index in [2.05, 4.69) is 27.1 Å². The predicted molar refractivity (Wildman–Crippen MR) is 109 cm³/mol. The lowest BCUT2D eigenvalue weighted by Crippen LogP contribution is -2.18. The number of aromatic nitrogens is 5. The largest absolute Gasteiger partial charge is 0.495 e. The average molecular weight is 387 g/mol. The van der Waals surface area contributed by atoms with Crippen LogP contribution in [-0.2, 0) is 4.74 Å². The third-order valence-electron chi connectivity index (χ3n) is 5.17. The highest BCUT2D eigenvalue weighted by Gasteiger charge is 2.22. The number of fused-ring (bicyclic) bond motifs is 1. The lowest BCUT2D eigenvalue weighted by molar-refractivity contribution is -0.0393. The molecule has 1 aliphatic rings. The third kappa shape index (κ3) is 3.34. The Kier molecular flexibility index (Phi) is 4.65. The van der Waals surface area contributed by atoms with Crippen molar-refractivity contribution in [2.24, 2.45) is 0 Å². The molecule has 1 aliphatic heterocycles. The van der Waals surface area contributed by atoms with E-state index >= 15 is 0 Å². The Bertz CT molecular complexity index is 1140. The van der Waals surface area contributed by atoms with Crippen LogP contribution in [0.25, 0.3) is 33.5 Å². The number of methoxy groups -OCH3 is 1. The van der Waals surface area contributed by atoms with Crippen LogP contribution in [0.1, 0.15) is 25.5 Å². The second-order valence-corrected chi connectivity index (χ2v) is 7.02. The van der Waals surface area contributed by atoms with Gasteiger partial charge in [-0.25, -0.2) is 19.6 Å². The fraction of sp³-hybridized carbons (Fsp3) is 0.273. The summed E-state index contributed by atoms with van der Waals surface area (Å²) in [5.41, 5.74) is 4.99. The fourth-order valence-electron chi connectivity index (χ4n) is 3.69. The molecule has 1 fully saturated rings. The average Bonchev–Trinajstić information content (AvgIpc) is 3.25. The lowest BCUT2D eigenvalue weighted by atomic mass is 10.0. The molecular weight excluding hydrogens is 366 g/mol. The van der Waals surface area contributed by atoms with Crippen LogP contribution < -0.4 is 4.74 Å². The Hall–Kier alpha value is -3.32. The minimum Gasteiger partial charge on any atom is -0.495 e. The topological polar surface area (TPSA) is 75.0 Å². The molecule has 7 nitrogen and oxygen atoms in total. The molecule has 0 amide bonds. The maximum Gasteiger partial charge on any atom is 0.150 e. The van der Waals surface area contributed by atoms with Crippen LogP contribution in [0.4, 0.5) is 0 Å². The summed E-state index contributed by atoms with van der Waals surface area (Å²) >= 11 is 0. The molecule has 0 aliphatic carbocycles. The second-order valence-electron chi connectivity index (χ2n) is 7.02. The van der Waals surface area contributed by atoms with Gasteiger partial charge >= 0.3 is 0 Å². The summed E-state index contributed by atoms with van der Waals surface area (Å²) in [5, 5.41) is 4.90. The molecule has 0 saturated carbocycles. The van der Waals surface area contributed by atoms with Gasteiger partial charge in [-0.15, -0.1) is 0 Å². The Balaban J connectivity index is 1.69. The van der Waals surface area contributed by atoms with Crippen molar-refractivity contribution in [1.29, 1.82) is 0 Å². The van der Waals surface area contributed by atoms with Gasteiger partial charge < -0.3 is 9.47 Å². The first-order valence-electron chi connectivity index (χ1n) is 9.75. The minimum absolute atomic E-state index is 0.0545. The molecule has 5 rings (SSSR count). The van der Waals surface area contributed by atoms with Crippen LogP contribution >= 0.6 is 0 Å². The Morgan fingerprint density at radius 1 is 1.07 bits per heavy atom. The monoisotopic (exact) mass is 387 g/mol. The summed E-state index contributed by atoms with van der Waals surface area (Å²) < 4.78 is 13.2. The fourth-order valence-corrected chi connectivity index (χ4v) is 3.69. The Labute approximate surface area is 168 Å². The van der Waals surface area contributed by atoms with Gasteiger partial charge in [-0.1, -0.05) is 30.3 Å². The molecule has 1 unspecified atom stereocenters. The summed E-state index contributed by atoms with van der Waals surface area (Å²) in [7, 11) is 1.62. The van der Waals surface area contributed by atoms with Crippen molar-refractivity contribution in [2.45, 2.75) is 25.5 Å². The molecule has 3 aromatic heterocycles. The van der Waals surface area contributed by atoms with E-state index < -0.39 is 0 Å². The first kappa shape index (κ1) is 17.8. The van der Waals surface area contributed by atoms with Crippen LogP contribution in [0.5, 0.6) is 5.75 Å². The molecule has 0 spiro atoms. The van der Waals surface area contributed by atoms with Crippen molar-refractivity contribution < 1.29 is 9.47 Å². The molecule has 1 saturated heterocycles. The van der Waals surface area contributed by atoms with Crippen LogP contribution in [0.3, 0.4) is 0 Å². The molecular formula is C22H21N5O2. The van der Waals surface area contributed by atoms with Gasteiger partial charge in [0.15, 0.2) is 0 Å². The van der Waals surface area contributed by atoms with E-state index in [1.165, 1.54) is 0 Å². The maximum absolute atomic E-state index is 5.96. The van der Waals surface area contributed by atoms with Gasteiger partial charge in [0.25, 0.3) is 0 Å². The van der Waals surface area contributed by atoms with Gasteiger partial charge in [-0.05, 0) is 19.3 Å². The highest BCUT2D eigenvalue weighted by molar-refractivity contribution is 5.93. The summed E-state index contributed by atoms with van der Waals surface area (Å²) in [6, 6.07) is 12.0. The Morgan fingerprint density at radius 3 is 2.76 bits per heavy atom. The normalized spacial score (nSPS) is 16.8. The quantitative estimate of drug-likeness (QED) is 0.521. The van der Waals surface area contributed by atoms with Gasteiger partial charge in [0.2, 0.25) is 0 Å².